The van der Waals surface area contributed by atoms with E-state index in [2.05, 4.69) is 28.9 Å². The maximum absolute atomic E-state index is 12.1. The molecule has 0 saturated heterocycles. The molecular weight excluding hydrogens is 368 g/mol. The summed E-state index contributed by atoms with van der Waals surface area (Å²) in [5.41, 5.74) is 2.20. The highest BCUT2D eigenvalue weighted by Gasteiger charge is 2.20. The number of nitrogens with zero attached hydrogens (tertiary/aromatic N) is 3. The van der Waals surface area contributed by atoms with E-state index >= 15 is 0 Å². The maximum Gasteiger partial charge on any atom is 0.340 e. The lowest BCUT2D eigenvalue weighted by Gasteiger charge is -2.07. The minimum Gasteiger partial charge on any atom is -0.462 e. The standard InChI is InChI=1S/C18H18N4O6/c1-5-28-18(23)15(8-6-7-12(2)3)13(4)19-20-16-10-9-14(21(24)25)11-17(16)22(26)27/h8-11,20H,2,5H2,1,3-4H3/b15-8-,19-13+. The summed E-state index contributed by atoms with van der Waals surface area (Å²) in [7, 11) is 0. The van der Waals surface area contributed by atoms with E-state index in [1.165, 1.54) is 13.0 Å². The van der Waals surface area contributed by atoms with Crippen LogP contribution in [0.25, 0.3) is 0 Å². The number of nitro benzene ring substituents is 2. The van der Waals surface area contributed by atoms with Crippen LogP contribution in [0.4, 0.5) is 17.1 Å². The van der Waals surface area contributed by atoms with Crippen molar-refractivity contribution in [3.05, 3.63) is 62.2 Å². The fourth-order valence-corrected chi connectivity index (χ4v) is 1.83. The molecule has 1 aromatic rings. The number of carbonyl (C=O) groups excluding carboxylic acids is 1. The molecule has 0 unspecified atom stereocenters. The van der Waals surface area contributed by atoms with Crippen LogP contribution in [0.5, 0.6) is 0 Å². The molecule has 0 saturated carbocycles. The van der Waals surface area contributed by atoms with Crippen molar-refractivity contribution in [2.45, 2.75) is 20.8 Å². The highest BCUT2D eigenvalue weighted by molar-refractivity contribution is 6.19. The summed E-state index contributed by atoms with van der Waals surface area (Å²) in [5.74, 6) is 4.67. The molecule has 0 aliphatic rings. The molecule has 0 heterocycles. The number of hydrogen-bond donors (Lipinski definition) is 1. The maximum atomic E-state index is 12.1. The summed E-state index contributed by atoms with van der Waals surface area (Å²) in [6, 6.07) is 3.07. The van der Waals surface area contributed by atoms with E-state index in [4.69, 9.17) is 4.74 Å². The molecule has 10 heteroatoms. The Balaban J connectivity index is 3.25. The molecule has 0 atom stereocenters. The topological polar surface area (TPSA) is 137 Å². The molecule has 146 valence electrons. The van der Waals surface area contributed by atoms with Crippen molar-refractivity contribution in [1.29, 1.82) is 0 Å². The third-order valence-electron chi connectivity index (χ3n) is 3.12. The third kappa shape index (κ3) is 6.38. The van der Waals surface area contributed by atoms with E-state index in [1.54, 1.807) is 13.8 Å². The molecule has 1 rings (SSSR count). The van der Waals surface area contributed by atoms with Gasteiger partial charge in [0.2, 0.25) is 0 Å². The molecule has 0 fully saturated rings. The fourth-order valence-electron chi connectivity index (χ4n) is 1.83. The van der Waals surface area contributed by atoms with Gasteiger partial charge in [-0.3, -0.25) is 25.7 Å². The Morgan fingerprint density at radius 1 is 1.32 bits per heavy atom. The Kier molecular flexibility index (Phi) is 8.05. The Hall–Kier alpha value is -4.00. The van der Waals surface area contributed by atoms with Crippen LogP contribution in [0.15, 0.2) is 47.1 Å². The number of hydrazone groups is 1. The van der Waals surface area contributed by atoms with Gasteiger partial charge in [0, 0.05) is 12.1 Å². The number of nitrogens with one attached hydrogen (secondary N) is 1. The molecule has 0 spiro atoms. The Labute approximate surface area is 160 Å². The minimum atomic E-state index is -0.777. The third-order valence-corrected chi connectivity index (χ3v) is 3.12. The van der Waals surface area contributed by atoms with Gasteiger partial charge in [-0.2, -0.15) is 5.10 Å². The van der Waals surface area contributed by atoms with Gasteiger partial charge in [0.25, 0.3) is 5.69 Å². The van der Waals surface area contributed by atoms with Crippen molar-refractivity contribution >= 4 is 28.7 Å². The Bertz CT molecular complexity index is 937. The van der Waals surface area contributed by atoms with Gasteiger partial charge < -0.3 is 4.74 Å². The second kappa shape index (κ2) is 10.2. The zero-order valence-corrected chi connectivity index (χ0v) is 15.5. The lowest BCUT2D eigenvalue weighted by atomic mass is 10.1. The monoisotopic (exact) mass is 386 g/mol. The van der Waals surface area contributed by atoms with Gasteiger partial charge in [-0.25, -0.2) is 4.79 Å². The van der Waals surface area contributed by atoms with Gasteiger partial charge >= 0.3 is 11.7 Å². The number of ether oxygens (including phenoxy) is 1. The smallest absolute Gasteiger partial charge is 0.340 e. The molecule has 28 heavy (non-hydrogen) atoms. The Morgan fingerprint density at radius 3 is 2.54 bits per heavy atom. The van der Waals surface area contributed by atoms with E-state index in [0.29, 0.717) is 5.57 Å². The number of anilines is 1. The van der Waals surface area contributed by atoms with Crippen LogP contribution in [-0.4, -0.2) is 28.1 Å². The first kappa shape index (κ1) is 22.0. The number of rotatable bonds is 7. The number of nitro groups is 2. The van der Waals surface area contributed by atoms with E-state index in [9.17, 15) is 25.0 Å². The van der Waals surface area contributed by atoms with Crippen molar-refractivity contribution in [1.82, 2.24) is 0 Å². The summed E-state index contributed by atoms with van der Waals surface area (Å²) in [5, 5.41) is 25.9. The average Bonchev–Trinajstić information content (AvgIpc) is 2.62. The van der Waals surface area contributed by atoms with Gasteiger partial charge in [-0.1, -0.05) is 18.4 Å². The van der Waals surface area contributed by atoms with Gasteiger partial charge in [0.05, 0.1) is 33.8 Å². The SMILES string of the molecule is C=C(C)C#C/C=C(C(=O)OCC)/C(C)=N/Nc1ccc([N+](=O)[O-])cc1[N+](=O)[O-]. The summed E-state index contributed by atoms with van der Waals surface area (Å²) < 4.78 is 4.95. The molecule has 0 aliphatic heterocycles. The number of esters is 1. The van der Waals surface area contributed by atoms with Crippen LogP contribution < -0.4 is 5.43 Å². The van der Waals surface area contributed by atoms with E-state index < -0.39 is 27.2 Å². The van der Waals surface area contributed by atoms with Gasteiger partial charge in [0.1, 0.15) is 5.69 Å². The number of hydrogen-bond acceptors (Lipinski definition) is 8. The first-order chi connectivity index (χ1) is 13.2. The summed E-state index contributed by atoms with van der Waals surface area (Å²) in [6.45, 7) is 8.58. The molecule has 0 aromatic heterocycles. The van der Waals surface area contributed by atoms with Crippen LogP contribution >= 0.6 is 0 Å². The number of carbonyl (C=O) groups is 1. The predicted octanol–water partition coefficient (Wildman–Crippen LogP) is 3.36. The second-order valence-corrected chi connectivity index (χ2v) is 5.35. The first-order valence-electron chi connectivity index (χ1n) is 7.95. The van der Waals surface area contributed by atoms with Crippen molar-refractivity contribution in [3.8, 4) is 11.8 Å². The molecule has 0 aliphatic carbocycles. The van der Waals surface area contributed by atoms with Crippen LogP contribution in [0, 0.1) is 32.1 Å². The largest absolute Gasteiger partial charge is 0.462 e. The molecule has 0 radical (unpaired) electrons. The normalized spacial score (nSPS) is 11.1. The van der Waals surface area contributed by atoms with Crippen LogP contribution in [0.3, 0.4) is 0 Å². The van der Waals surface area contributed by atoms with Crippen molar-refractivity contribution in [2.75, 3.05) is 12.0 Å². The molecule has 1 aromatic carbocycles. The molecule has 0 bridgehead atoms. The minimum absolute atomic E-state index is 0.0488. The second-order valence-electron chi connectivity index (χ2n) is 5.35. The van der Waals surface area contributed by atoms with Gasteiger partial charge in [0.15, 0.2) is 0 Å². The zero-order chi connectivity index (χ0) is 21.3. The molecule has 0 amide bonds. The van der Waals surface area contributed by atoms with Crippen LogP contribution in [0.2, 0.25) is 0 Å². The number of non-ortho nitro benzene ring substituents is 1. The van der Waals surface area contributed by atoms with E-state index in [0.717, 1.165) is 18.2 Å². The lowest BCUT2D eigenvalue weighted by molar-refractivity contribution is -0.393. The summed E-state index contributed by atoms with van der Waals surface area (Å²) in [4.78, 5) is 32.5. The number of allylic oxidation sites excluding steroid dienone is 2. The van der Waals surface area contributed by atoms with E-state index in [-0.39, 0.29) is 23.6 Å². The summed E-state index contributed by atoms with van der Waals surface area (Å²) >= 11 is 0. The van der Waals surface area contributed by atoms with Gasteiger partial charge in [-0.05, 0) is 32.4 Å². The average molecular weight is 386 g/mol. The van der Waals surface area contributed by atoms with Crippen molar-refractivity contribution in [3.63, 3.8) is 0 Å². The van der Waals surface area contributed by atoms with Crippen molar-refractivity contribution < 1.29 is 19.4 Å². The predicted molar refractivity (Wildman–Crippen MR) is 104 cm³/mol. The highest BCUT2D eigenvalue weighted by Crippen LogP contribution is 2.29. The Morgan fingerprint density at radius 2 is 2.00 bits per heavy atom. The molecular formula is C18H18N4O6. The number of benzene rings is 1. The fraction of sp³-hybridized carbons (Fsp3) is 0.222. The highest BCUT2D eigenvalue weighted by atomic mass is 16.6. The van der Waals surface area contributed by atoms with Crippen LogP contribution in [-0.2, 0) is 9.53 Å². The molecule has 1 N–H and O–H groups in total. The molecule has 10 nitrogen and oxygen atoms in total. The van der Waals surface area contributed by atoms with Crippen LogP contribution in [0.1, 0.15) is 20.8 Å². The summed E-state index contributed by atoms with van der Waals surface area (Å²) in [6.07, 6.45) is 1.30. The zero-order valence-electron chi connectivity index (χ0n) is 15.5. The first-order valence-corrected chi connectivity index (χ1v) is 7.95. The lowest BCUT2D eigenvalue weighted by Crippen LogP contribution is -2.15. The van der Waals surface area contributed by atoms with Crippen molar-refractivity contribution in [2.24, 2.45) is 5.10 Å². The van der Waals surface area contributed by atoms with Gasteiger partial charge in [-0.15, -0.1) is 0 Å². The van der Waals surface area contributed by atoms with E-state index in [1.807, 2.05) is 0 Å². The quantitative estimate of drug-likeness (QED) is 0.189.